The SMILES string of the molecule is COc1ccc(Oc2ccccc2)c(NC2=NCCN2)c1. The van der Waals surface area contributed by atoms with Crippen LogP contribution in [0.5, 0.6) is 17.2 Å². The number of nitrogens with one attached hydrogen (secondary N) is 2. The molecule has 0 fully saturated rings. The zero-order valence-electron chi connectivity index (χ0n) is 11.8. The molecule has 21 heavy (non-hydrogen) atoms. The van der Waals surface area contributed by atoms with E-state index in [2.05, 4.69) is 15.6 Å². The first-order valence-corrected chi connectivity index (χ1v) is 6.81. The van der Waals surface area contributed by atoms with Gasteiger partial charge in [0, 0.05) is 12.6 Å². The van der Waals surface area contributed by atoms with Crippen molar-refractivity contribution in [2.75, 3.05) is 25.5 Å². The van der Waals surface area contributed by atoms with Crippen molar-refractivity contribution in [2.24, 2.45) is 4.99 Å². The van der Waals surface area contributed by atoms with E-state index >= 15 is 0 Å². The number of benzene rings is 2. The standard InChI is InChI=1S/C16H17N3O2/c1-20-13-7-8-15(21-12-5-3-2-4-6-12)14(11-13)19-16-17-9-10-18-16/h2-8,11H,9-10H2,1H3,(H2,17,18,19). The Hall–Kier alpha value is -2.69. The number of guanidine groups is 1. The molecule has 108 valence electrons. The number of nitrogens with zero attached hydrogens (tertiary/aromatic N) is 1. The Bertz CT molecular complexity index is 641. The highest BCUT2D eigenvalue weighted by molar-refractivity contribution is 5.96. The van der Waals surface area contributed by atoms with E-state index in [9.17, 15) is 0 Å². The third kappa shape index (κ3) is 3.25. The van der Waals surface area contributed by atoms with E-state index in [-0.39, 0.29) is 0 Å². The summed E-state index contributed by atoms with van der Waals surface area (Å²) in [5.41, 5.74) is 0.811. The van der Waals surface area contributed by atoms with Crippen LogP contribution in [-0.2, 0) is 0 Å². The predicted molar refractivity (Wildman–Crippen MR) is 83.4 cm³/mol. The van der Waals surface area contributed by atoms with Crippen molar-refractivity contribution in [3.63, 3.8) is 0 Å². The molecule has 2 aromatic rings. The van der Waals surface area contributed by atoms with Crippen molar-refractivity contribution in [1.29, 1.82) is 0 Å². The first-order chi connectivity index (χ1) is 10.3. The molecule has 1 aliphatic heterocycles. The lowest BCUT2D eigenvalue weighted by Gasteiger charge is -2.14. The molecule has 0 aromatic heterocycles. The molecule has 0 amide bonds. The molecule has 0 aliphatic carbocycles. The molecule has 0 saturated carbocycles. The Morgan fingerprint density at radius 1 is 1.10 bits per heavy atom. The Kier molecular flexibility index (Phi) is 3.91. The summed E-state index contributed by atoms with van der Waals surface area (Å²) in [7, 11) is 1.64. The van der Waals surface area contributed by atoms with Gasteiger partial charge in [0.25, 0.3) is 0 Å². The van der Waals surface area contributed by atoms with Crippen molar-refractivity contribution in [3.8, 4) is 17.2 Å². The van der Waals surface area contributed by atoms with Crippen LogP contribution >= 0.6 is 0 Å². The highest BCUT2D eigenvalue weighted by Crippen LogP contribution is 2.32. The summed E-state index contributed by atoms with van der Waals surface area (Å²) >= 11 is 0. The average Bonchev–Trinajstić information content (AvgIpc) is 3.03. The number of aliphatic imine (C=N–C) groups is 1. The summed E-state index contributed by atoms with van der Waals surface area (Å²) in [4.78, 5) is 4.33. The minimum absolute atomic E-state index is 0.721. The van der Waals surface area contributed by atoms with Gasteiger partial charge in [-0.3, -0.25) is 4.99 Å². The van der Waals surface area contributed by atoms with Crippen LogP contribution in [-0.4, -0.2) is 26.2 Å². The van der Waals surface area contributed by atoms with Gasteiger partial charge in [-0.1, -0.05) is 18.2 Å². The maximum atomic E-state index is 5.92. The van der Waals surface area contributed by atoms with E-state index in [0.29, 0.717) is 0 Å². The van der Waals surface area contributed by atoms with Crippen LogP contribution in [0.4, 0.5) is 5.69 Å². The Labute approximate surface area is 123 Å². The summed E-state index contributed by atoms with van der Waals surface area (Å²) in [6, 6.07) is 15.3. The molecular weight excluding hydrogens is 266 g/mol. The minimum atomic E-state index is 0.721. The van der Waals surface area contributed by atoms with E-state index in [1.54, 1.807) is 7.11 Å². The molecule has 1 aliphatic rings. The smallest absolute Gasteiger partial charge is 0.196 e. The molecule has 0 unspecified atom stereocenters. The van der Waals surface area contributed by atoms with E-state index in [1.165, 1.54) is 0 Å². The minimum Gasteiger partial charge on any atom is -0.497 e. The van der Waals surface area contributed by atoms with E-state index in [0.717, 1.165) is 42.0 Å². The number of anilines is 1. The fraction of sp³-hybridized carbons (Fsp3) is 0.188. The Morgan fingerprint density at radius 3 is 2.67 bits per heavy atom. The van der Waals surface area contributed by atoms with E-state index in [4.69, 9.17) is 9.47 Å². The van der Waals surface area contributed by atoms with Gasteiger partial charge in [0.05, 0.1) is 19.3 Å². The molecule has 0 saturated heterocycles. The maximum absolute atomic E-state index is 5.92. The van der Waals surface area contributed by atoms with Gasteiger partial charge < -0.3 is 20.1 Å². The molecule has 5 heteroatoms. The van der Waals surface area contributed by atoms with Crippen molar-refractivity contribution < 1.29 is 9.47 Å². The number of para-hydroxylation sites is 1. The summed E-state index contributed by atoms with van der Waals surface area (Å²) in [6.07, 6.45) is 0. The van der Waals surface area contributed by atoms with Crippen LogP contribution in [0.1, 0.15) is 0 Å². The lowest BCUT2D eigenvalue weighted by molar-refractivity contribution is 0.413. The summed E-state index contributed by atoms with van der Waals surface area (Å²) in [5, 5.41) is 6.41. The first kappa shape index (κ1) is 13.3. The van der Waals surface area contributed by atoms with Gasteiger partial charge in [-0.05, 0) is 24.3 Å². The van der Waals surface area contributed by atoms with Crippen LogP contribution in [0.25, 0.3) is 0 Å². The van der Waals surface area contributed by atoms with Gasteiger partial charge in [0.15, 0.2) is 11.7 Å². The largest absolute Gasteiger partial charge is 0.497 e. The zero-order chi connectivity index (χ0) is 14.5. The van der Waals surface area contributed by atoms with Gasteiger partial charge in [-0.2, -0.15) is 0 Å². The fourth-order valence-electron chi connectivity index (χ4n) is 2.05. The van der Waals surface area contributed by atoms with Crippen molar-refractivity contribution in [3.05, 3.63) is 48.5 Å². The second kappa shape index (κ2) is 6.17. The molecule has 2 N–H and O–H groups in total. The van der Waals surface area contributed by atoms with Gasteiger partial charge in [-0.25, -0.2) is 0 Å². The zero-order valence-corrected chi connectivity index (χ0v) is 11.8. The predicted octanol–water partition coefficient (Wildman–Crippen LogP) is 2.86. The van der Waals surface area contributed by atoms with Gasteiger partial charge in [0.2, 0.25) is 0 Å². The number of hydrogen-bond donors (Lipinski definition) is 2. The van der Waals surface area contributed by atoms with E-state index < -0.39 is 0 Å². The van der Waals surface area contributed by atoms with Crippen LogP contribution < -0.4 is 20.1 Å². The molecule has 0 atom stereocenters. The van der Waals surface area contributed by atoms with Crippen LogP contribution in [0.2, 0.25) is 0 Å². The fourth-order valence-corrected chi connectivity index (χ4v) is 2.05. The van der Waals surface area contributed by atoms with Crippen LogP contribution in [0.15, 0.2) is 53.5 Å². The molecular formula is C16H17N3O2. The topological polar surface area (TPSA) is 54.9 Å². The Morgan fingerprint density at radius 2 is 1.95 bits per heavy atom. The normalized spacial score (nSPS) is 13.3. The lowest BCUT2D eigenvalue weighted by atomic mass is 10.2. The van der Waals surface area contributed by atoms with Crippen LogP contribution in [0, 0.1) is 0 Å². The molecule has 2 aromatic carbocycles. The summed E-state index contributed by atoms with van der Waals surface area (Å²) in [5.74, 6) is 3.02. The van der Waals surface area contributed by atoms with Crippen molar-refractivity contribution in [2.45, 2.75) is 0 Å². The van der Waals surface area contributed by atoms with Gasteiger partial charge in [0.1, 0.15) is 11.5 Å². The quantitative estimate of drug-likeness (QED) is 0.906. The van der Waals surface area contributed by atoms with E-state index in [1.807, 2.05) is 48.5 Å². The highest BCUT2D eigenvalue weighted by Gasteiger charge is 2.11. The first-order valence-electron chi connectivity index (χ1n) is 6.81. The van der Waals surface area contributed by atoms with Crippen LogP contribution in [0.3, 0.4) is 0 Å². The molecule has 5 nitrogen and oxygen atoms in total. The second-order valence-electron chi connectivity index (χ2n) is 4.56. The summed E-state index contributed by atoms with van der Waals surface area (Å²) < 4.78 is 11.2. The van der Waals surface area contributed by atoms with Gasteiger partial charge in [-0.15, -0.1) is 0 Å². The Balaban J connectivity index is 1.87. The second-order valence-corrected chi connectivity index (χ2v) is 4.56. The molecule has 3 rings (SSSR count). The number of hydrogen-bond acceptors (Lipinski definition) is 5. The average molecular weight is 283 g/mol. The molecule has 0 spiro atoms. The molecule has 1 heterocycles. The number of methoxy groups -OCH3 is 1. The number of rotatable bonds is 4. The summed E-state index contributed by atoms with van der Waals surface area (Å²) in [6.45, 7) is 1.63. The lowest BCUT2D eigenvalue weighted by Crippen LogP contribution is -2.26. The molecule has 0 bridgehead atoms. The van der Waals surface area contributed by atoms with Crippen molar-refractivity contribution in [1.82, 2.24) is 5.32 Å². The van der Waals surface area contributed by atoms with Crippen molar-refractivity contribution >= 4 is 11.6 Å². The molecule has 0 radical (unpaired) electrons. The number of ether oxygens (including phenoxy) is 2. The third-order valence-corrected chi connectivity index (χ3v) is 3.08. The maximum Gasteiger partial charge on any atom is 0.196 e. The van der Waals surface area contributed by atoms with Gasteiger partial charge >= 0.3 is 0 Å². The third-order valence-electron chi connectivity index (χ3n) is 3.08. The highest BCUT2D eigenvalue weighted by atomic mass is 16.5. The monoisotopic (exact) mass is 283 g/mol.